The normalized spacial score (nSPS) is 17.5. The van der Waals surface area contributed by atoms with Gasteiger partial charge in [0.15, 0.2) is 0 Å². The minimum Gasteiger partial charge on any atom is -0.376 e. The molecule has 6 rings (SSSR count). The van der Waals surface area contributed by atoms with Gasteiger partial charge in [-0.25, -0.2) is 13.1 Å². The lowest BCUT2D eigenvalue weighted by Crippen LogP contribution is -2.38. The first-order chi connectivity index (χ1) is 24.6. The van der Waals surface area contributed by atoms with E-state index in [1.807, 2.05) is 42.5 Å². The lowest BCUT2D eigenvalue weighted by molar-refractivity contribution is -0.384. The van der Waals surface area contributed by atoms with Gasteiger partial charge in [0.05, 0.1) is 9.82 Å². The Morgan fingerprint density at radius 2 is 1.65 bits per heavy atom. The van der Waals surface area contributed by atoms with Crippen LogP contribution in [0, 0.1) is 21.4 Å². The van der Waals surface area contributed by atoms with Gasteiger partial charge in [0.2, 0.25) is 5.91 Å². The number of piperidine rings is 1. The van der Waals surface area contributed by atoms with Crippen molar-refractivity contribution in [2.24, 2.45) is 11.3 Å². The van der Waals surface area contributed by atoms with Crippen LogP contribution in [0.1, 0.15) is 81.0 Å². The van der Waals surface area contributed by atoms with Crippen LogP contribution in [0.3, 0.4) is 0 Å². The Kier molecular flexibility index (Phi) is 11.9. The number of thioether (sulfide) groups is 1. The maximum Gasteiger partial charge on any atom is 0.293 e. The molecule has 1 unspecified atom stereocenters. The Bertz CT molecular complexity index is 1780. The van der Waals surface area contributed by atoms with Gasteiger partial charge in [-0.3, -0.25) is 19.7 Å². The summed E-state index contributed by atoms with van der Waals surface area (Å²) in [4.78, 5) is 39.6. The summed E-state index contributed by atoms with van der Waals surface area (Å²) in [6, 6.07) is 20.2. The van der Waals surface area contributed by atoms with Gasteiger partial charge in [0.1, 0.15) is 5.69 Å². The van der Waals surface area contributed by atoms with Crippen molar-refractivity contribution in [3.63, 3.8) is 0 Å². The molecule has 51 heavy (non-hydrogen) atoms. The van der Waals surface area contributed by atoms with Gasteiger partial charge in [0.25, 0.3) is 21.6 Å². The lowest BCUT2D eigenvalue weighted by Gasteiger charge is -2.40. The first-order valence-electron chi connectivity index (χ1n) is 18.0. The van der Waals surface area contributed by atoms with E-state index in [9.17, 15) is 28.1 Å². The SMILES string of the molecule is O=C(NS(=O)(=O)c1ccc(NC(CCCCNC(=O)C2CC2)CSc2ccccc2)c([N+](=O)[O-])c1)c1ccc(N2CCC3(CCCC3)CC2)cc1. The van der Waals surface area contributed by atoms with Crippen LogP contribution < -0.4 is 20.3 Å². The Balaban J connectivity index is 1.08. The van der Waals surface area contributed by atoms with Gasteiger partial charge in [-0.2, -0.15) is 0 Å². The summed E-state index contributed by atoms with van der Waals surface area (Å²) in [5.41, 5.74) is 1.47. The first kappa shape index (κ1) is 36.7. The summed E-state index contributed by atoms with van der Waals surface area (Å²) in [5.74, 6) is 0.0701. The highest BCUT2D eigenvalue weighted by atomic mass is 32.2. The Hall–Kier alpha value is -4.10. The van der Waals surface area contributed by atoms with E-state index >= 15 is 0 Å². The quantitative estimate of drug-likeness (QED) is 0.0604. The number of anilines is 2. The van der Waals surface area contributed by atoms with E-state index in [0.717, 1.165) is 55.4 Å². The van der Waals surface area contributed by atoms with Gasteiger partial charge in [-0.05, 0) is 112 Å². The van der Waals surface area contributed by atoms with Crippen LogP contribution >= 0.6 is 11.8 Å². The zero-order valence-corrected chi connectivity index (χ0v) is 30.5. The van der Waals surface area contributed by atoms with Gasteiger partial charge in [0, 0.05) is 59.6 Å². The number of hydrogen-bond acceptors (Lipinski definition) is 9. The van der Waals surface area contributed by atoms with Crippen molar-refractivity contribution in [3.8, 4) is 0 Å². The molecule has 3 aromatic carbocycles. The fourth-order valence-electron chi connectivity index (χ4n) is 7.23. The number of carbonyl (C=O) groups is 2. The van der Waals surface area contributed by atoms with Crippen LogP contribution in [-0.2, 0) is 14.8 Å². The fourth-order valence-corrected chi connectivity index (χ4v) is 9.21. The number of nitrogens with zero attached hydrogens (tertiary/aromatic N) is 2. The number of amides is 2. The Morgan fingerprint density at radius 3 is 2.31 bits per heavy atom. The third-order valence-corrected chi connectivity index (χ3v) is 13.0. The molecule has 3 aromatic rings. The topological polar surface area (TPSA) is 151 Å². The number of rotatable bonds is 16. The zero-order chi connectivity index (χ0) is 35.8. The van der Waals surface area contributed by atoms with Crippen LogP contribution in [-0.4, -0.2) is 56.6 Å². The molecular weight excluding hydrogens is 687 g/mol. The highest BCUT2D eigenvalue weighted by molar-refractivity contribution is 7.99. The molecule has 1 atom stereocenters. The van der Waals surface area contributed by atoms with Gasteiger partial charge in [-0.15, -0.1) is 11.8 Å². The second kappa shape index (κ2) is 16.5. The van der Waals surface area contributed by atoms with Gasteiger partial charge in [-0.1, -0.05) is 31.0 Å². The number of benzene rings is 3. The number of nitro groups is 1. The van der Waals surface area contributed by atoms with Crippen molar-refractivity contribution >= 4 is 50.7 Å². The summed E-state index contributed by atoms with van der Waals surface area (Å²) in [5, 5.41) is 18.5. The molecule has 2 saturated carbocycles. The summed E-state index contributed by atoms with van der Waals surface area (Å²) < 4.78 is 28.7. The molecule has 1 spiro atoms. The van der Waals surface area contributed by atoms with Crippen molar-refractivity contribution in [1.82, 2.24) is 10.0 Å². The number of nitro benzene ring substituents is 1. The fraction of sp³-hybridized carbons (Fsp3) is 0.474. The van der Waals surface area contributed by atoms with E-state index < -0.39 is 26.5 Å². The largest absolute Gasteiger partial charge is 0.376 e. The monoisotopic (exact) mass is 733 g/mol. The second-order valence-electron chi connectivity index (χ2n) is 14.1. The number of sulfonamides is 1. The summed E-state index contributed by atoms with van der Waals surface area (Å²) in [6.07, 6.45) is 11.7. The van der Waals surface area contributed by atoms with Gasteiger partial charge < -0.3 is 15.5 Å². The predicted molar refractivity (Wildman–Crippen MR) is 201 cm³/mol. The van der Waals surface area contributed by atoms with E-state index in [-0.39, 0.29) is 34.0 Å². The maximum absolute atomic E-state index is 13.3. The van der Waals surface area contributed by atoms with E-state index in [1.165, 1.54) is 50.7 Å². The molecule has 2 amide bonds. The Labute approximate surface area is 304 Å². The summed E-state index contributed by atoms with van der Waals surface area (Å²) in [6.45, 7) is 2.52. The smallest absolute Gasteiger partial charge is 0.293 e. The molecule has 0 radical (unpaired) electrons. The molecule has 0 bridgehead atoms. The van der Waals surface area contributed by atoms with E-state index in [0.29, 0.717) is 24.1 Å². The molecule has 0 aromatic heterocycles. The first-order valence-corrected chi connectivity index (χ1v) is 20.5. The average Bonchev–Trinajstić information content (AvgIpc) is 3.90. The molecule has 2 aliphatic carbocycles. The number of hydrogen-bond donors (Lipinski definition) is 3. The van der Waals surface area contributed by atoms with Crippen LogP contribution in [0.2, 0.25) is 0 Å². The molecule has 13 heteroatoms. The van der Waals surface area contributed by atoms with Crippen LogP contribution in [0.4, 0.5) is 17.1 Å². The third-order valence-electron chi connectivity index (χ3n) is 10.5. The van der Waals surface area contributed by atoms with Crippen molar-refractivity contribution in [2.45, 2.75) is 86.5 Å². The minimum atomic E-state index is -4.41. The molecule has 1 aliphatic heterocycles. The molecule has 3 N–H and O–H groups in total. The summed E-state index contributed by atoms with van der Waals surface area (Å²) in [7, 11) is -4.41. The minimum absolute atomic E-state index is 0.105. The molecule has 1 heterocycles. The highest BCUT2D eigenvalue weighted by Gasteiger charge is 2.37. The molecule has 11 nitrogen and oxygen atoms in total. The van der Waals surface area contributed by atoms with Crippen LogP contribution in [0.25, 0.3) is 0 Å². The van der Waals surface area contributed by atoms with Crippen LogP contribution in [0.5, 0.6) is 0 Å². The lowest BCUT2D eigenvalue weighted by atomic mass is 9.77. The third kappa shape index (κ3) is 9.82. The highest BCUT2D eigenvalue weighted by Crippen LogP contribution is 2.46. The molecule has 1 saturated heterocycles. The zero-order valence-electron chi connectivity index (χ0n) is 28.8. The van der Waals surface area contributed by atoms with E-state index in [2.05, 4.69) is 20.3 Å². The van der Waals surface area contributed by atoms with Gasteiger partial charge >= 0.3 is 0 Å². The molecule has 272 valence electrons. The van der Waals surface area contributed by atoms with E-state index in [4.69, 9.17) is 0 Å². The standard InChI is InChI=1S/C38H47N5O6S2/c44-36(28-11-12-28)39-23-7-4-8-30(27-50-32-9-2-1-3-10-32)40-34-18-17-33(26-35(34)43(46)47)51(48,49)41-37(45)29-13-15-31(16-14-29)42-24-21-38(22-25-42)19-5-6-20-38/h1-3,9-10,13-18,26,28,30,40H,4-8,11-12,19-25,27H2,(H,39,44)(H,41,45). The average molecular weight is 734 g/mol. The number of nitrogens with one attached hydrogen (secondary N) is 3. The van der Waals surface area contributed by atoms with Crippen molar-refractivity contribution in [1.29, 1.82) is 0 Å². The van der Waals surface area contributed by atoms with E-state index in [1.54, 1.807) is 23.9 Å². The van der Waals surface area contributed by atoms with Crippen LogP contribution in [0.15, 0.2) is 82.6 Å². The number of unbranched alkanes of at least 4 members (excludes halogenated alkanes) is 1. The molecular formula is C38H47N5O6S2. The van der Waals surface area contributed by atoms with Crippen molar-refractivity contribution < 1.29 is 22.9 Å². The summed E-state index contributed by atoms with van der Waals surface area (Å²) >= 11 is 1.62. The molecule has 3 fully saturated rings. The predicted octanol–water partition coefficient (Wildman–Crippen LogP) is 7.14. The second-order valence-corrected chi connectivity index (χ2v) is 16.9. The number of carbonyl (C=O) groups excluding carboxylic acids is 2. The van der Waals surface area contributed by atoms with Crippen molar-refractivity contribution in [3.05, 3.63) is 88.5 Å². The Morgan fingerprint density at radius 1 is 0.941 bits per heavy atom. The van der Waals surface area contributed by atoms with Crippen molar-refractivity contribution in [2.75, 3.05) is 35.6 Å². The maximum atomic E-state index is 13.3. The molecule has 3 aliphatic rings.